The van der Waals surface area contributed by atoms with Gasteiger partial charge in [-0.15, -0.1) is 0 Å². The number of ether oxygens (including phenoxy) is 1. The van der Waals surface area contributed by atoms with Gasteiger partial charge in [0.1, 0.15) is 0 Å². The highest BCUT2D eigenvalue weighted by Gasteiger charge is 2.29. The molecule has 3 rings (SSSR count). The predicted octanol–water partition coefficient (Wildman–Crippen LogP) is 2.81. The summed E-state index contributed by atoms with van der Waals surface area (Å²) in [6.45, 7) is 1.93. The van der Waals surface area contributed by atoms with Crippen LogP contribution in [0.5, 0.6) is 0 Å². The molecule has 0 aromatic heterocycles. The van der Waals surface area contributed by atoms with Crippen molar-refractivity contribution in [2.75, 3.05) is 20.3 Å². The van der Waals surface area contributed by atoms with Crippen molar-refractivity contribution in [3.63, 3.8) is 0 Å². The molecule has 1 aromatic rings. The molecule has 0 spiro atoms. The molecular formula is C17H25NO. The number of hydrogen-bond donors (Lipinski definition) is 1. The molecule has 0 radical (unpaired) electrons. The maximum Gasteiger partial charge on any atom is 0.0468 e. The molecule has 1 saturated heterocycles. The molecule has 1 unspecified atom stereocenters. The Kier molecular flexibility index (Phi) is 4.19. The second-order valence-corrected chi connectivity index (χ2v) is 6.12. The zero-order valence-corrected chi connectivity index (χ0v) is 11.9. The van der Waals surface area contributed by atoms with E-state index < -0.39 is 0 Å². The number of fused-ring (bicyclic) bond motifs is 1. The van der Waals surface area contributed by atoms with Crippen molar-refractivity contribution in [3.05, 3.63) is 35.4 Å². The molecule has 1 atom stereocenters. The minimum absolute atomic E-state index is 0.663. The lowest BCUT2D eigenvalue weighted by atomic mass is 9.85. The molecule has 1 fully saturated rings. The van der Waals surface area contributed by atoms with E-state index in [0.29, 0.717) is 6.04 Å². The maximum atomic E-state index is 5.47. The number of benzene rings is 1. The van der Waals surface area contributed by atoms with E-state index in [4.69, 9.17) is 4.74 Å². The van der Waals surface area contributed by atoms with Crippen molar-refractivity contribution < 1.29 is 4.74 Å². The van der Waals surface area contributed by atoms with Crippen LogP contribution in [-0.2, 0) is 17.6 Å². The van der Waals surface area contributed by atoms with Gasteiger partial charge < -0.3 is 10.1 Å². The average Bonchev–Trinajstić information content (AvgIpc) is 2.89. The molecule has 1 aromatic carbocycles. The zero-order chi connectivity index (χ0) is 13.1. The van der Waals surface area contributed by atoms with Crippen molar-refractivity contribution in [1.29, 1.82) is 0 Å². The zero-order valence-electron chi connectivity index (χ0n) is 11.9. The van der Waals surface area contributed by atoms with Crippen molar-refractivity contribution in [1.82, 2.24) is 5.32 Å². The van der Waals surface area contributed by atoms with E-state index >= 15 is 0 Å². The van der Waals surface area contributed by atoms with Gasteiger partial charge in [-0.05, 0) is 62.1 Å². The summed E-state index contributed by atoms with van der Waals surface area (Å²) in [5.74, 6) is 1.64. The first-order valence-electron chi connectivity index (χ1n) is 7.68. The Morgan fingerprint density at radius 2 is 1.79 bits per heavy atom. The summed E-state index contributed by atoms with van der Waals surface area (Å²) in [5.41, 5.74) is 3.14. The van der Waals surface area contributed by atoms with Crippen LogP contribution in [0.15, 0.2) is 24.3 Å². The molecule has 0 saturated carbocycles. The highest BCUT2D eigenvalue weighted by atomic mass is 16.5. The Morgan fingerprint density at radius 1 is 1.16 bits per heavy atom. The molecular weight excluding hydrogens is 234 g/mol. The van der Waals surface area contributed by atoms with E-state index in [1.165, 1.54) is 32.1 Å². The minimum Gasteiger partial charge on any atom is -0.381 e. The molecule has 0 bridgehead atoms. The highest BCUT2D eigenvalue weighted by Crippen LogP contribution is 2.32. The van der Waals surface area contributed by atoms with E-state index in [2.05, 4.69) is 36.6 Å². The summed E-state index contributed by atoms with van der Waals surface area (Å²) in [6, 6.07) is 9.62. The first-order valence-corrected chi connectivity index (χ1v) is 7.68. The molecule has 1 N–H and O–H groups in total. The number of rotatable bonds is 4. The molecule has 104 valence electrons. The molecule has 1 aliphatic carbocycles. The van der Waals surface area contributed by atoms with Gasteiger partial charge in [-0.3, -0.25) is 0 Å². The van der Waals surface area contributed by atoms with Crippen molar-refractivity contribution >= 4 is 0 Å². The molecule has 0 amide bonds. The summed E-state index contributed by atoms with van der Waals surface area (Å²) >= 11 is 0. The van der Waals surface area contributed by atoms with Gasteiger partial charge in [-0.25, -0.2) is 0 Å². The van der Waals surface area contributed by atoms with E-state index in [-0.39, 0.29) is 0 Å². The molecule has 1 aliphatic heterocycles. The first kappa shape index (κ1) is 13.1. The van der Waals surface area contributed by atoms with Crippen LogP contribution < -0.4 is 5.32 Å². The minimum atomic E-state index is 0.663. The molecule has 2 heteroatoms. The summed E-state index contributed by atoms with van der Waals surface area (Å²) in [6.07, 6.45) is 6.32. The largest absolute Gasteiger partial charge is 0.381 e. The molecule has 2 aliphatic rings. The number of hydrogen-bond acceptors (Lipinski definition) is 2. The van der Waals surface area contributed by atoms with E-state index in [1.807, 2.05) is 0 Å². The Bertz CT molecular complexity index is 386. The van der Waals surface area contributed by atoms with E-state index in [0.717, 1.165) is 25.0 Å². The van der Waals surface area contributed by atoms with Gasteiger partial charge in [0.2, 0.25) is 0 Å². The van der Waals surface area contributed by atoms with Crippen LogP contribution in [0.3, 0.4) is 0 Å². The van der Waals surface area contributed by atoms with Crippen molar-refractivity contribution in [2.24, 2.45) is 11.8 Å². The predicted molar refractivity (Wildman–Crippen MR) is 78.3 cm³/mol. The monoisotopic (exact) mass is 259 g/mol. The fraction of sp³-hybridized carbons (Fsp3) is 0.647. The van der Waals surface area contributed by atoms with E-state index in [1.54, 1.807) is 11.1 Å². The van der Waals surface area contributed by atoms with Gasteiger partial charge >= 0.3 is 0 Å². The molecule has 1 heterocycles. The quantitative estimate of drug-likeness (QED) is 0.898. The van der Waals surface area contributed by atoms with Gasteiger partial charge in [0.05, 0.1) is 0 Å². The normalized spacial score (nSPS) is 22.4. The lowest BCUT2D eigenvalue weighted by Gasteiger charge is -2.30. The fourth-order valence-electron chi connectivity index (χ4n) is 3.76. The SMILES string of the molecule is CNC(CC1CCOCC1)C1Cc2ccccc2C1. The van der Waals surface area contributed by atoms with Gasteiger partial charge in [0.25, 0.3) is 0 Å². The fourth-order valence-corrected chi connectivity index (χ4v) is 3.76. The van der Waals surface area contributed by atoms with Gasteiger partial charge in [-0.1, -0.05) is 24.3 Å². The van der Waals surface area contributed by atoms with Gasteiger partial charge in [0.15, 0.2) is 0 Å². The third-order valence-electron chi connectivity index (χ3n) is 4.95. The van der Waals surface area contributed by atoms with Crippen LogP contribution >= 0.6 is 0 Å². The van der Waals surface area contributed by atoms with Crippen LogP contribution in [0.2, 0.25) is 0 Å². The maximum absolute atomic E-state index is 5.47. The van der Waals surface area contributed by atoms with E-state index in [9.17, 15) is 0 Å². The summed E-state index contributed by atoms with van der Waals surface area (Å²) < 4.78 is 5.47. The summed E-state index contributed by atoms with van der Waals surface area (Å²) in [4.78, 5) is 0. The van der Waals surface area contributed by atoms with Crippen molar-refractivity contribution in [3.8, 4) is 0 Å². The van der Waals surface area contributed by atoms with Crippen LogP contribution in [0.1, 0.15) is 30.4 Å². The van der Waals surface area contributed by atoms with Crippen LogP contribution in [0, 0.1) is 11.8 Å². The second-order valence-electron chi connectivity index (χ2n) is 6.12. The third kappa shape index (κ3) is 3.01. The Labute approximate surface area is 116 Å². The lowest BCUT2D eigenvalue weighted by molar-refractivity contribution is 0.0584. The second kappa shape index (κ2) is 6.06. The van der Waals surface area contributed by atoms with Gasteiger partial charge in [-0.2, -0.15) is 0 Å². The van der Waals surface area contributed by atoms with Crippen LogP contribution in [-0.4, -0.2) is 26.3 Å². The topological polar surface area (TPSA) is 21.3 Å². The molecule has 2 nitrogen and oxygen atoms in total. The lowest BCUT2D eigenvalue weighted by Crippen LogP contribution is -2.37. The Morgan fingerprint density at radius 3 is 2.37 bits per heavy atom. The average molecular weight is 259 g/mol. The van der Waals surface area contributed by atoms with Crippen LogP contribution in [0.4, 0.5) is 0 Å². The summed E-state index contributed by atoms with van der Waals surface area (Å²) in [7, 11) is 2.13. The van der Waals surface area contributed by atoms with Crippen molar-refractivity contribution in [2.45, 2.75) is 38.1 Å². The first-order chi connectivity index (χ1) is 9.36. The Hall–Kier alpha value is -0.860. The third-order valence-corrected chi connectivity index (χ3v) is 4.95. The Balaban J connectivity index is 1.61. The summed E-state index contributed by atoms with van der Waals surface area (Å²) in [5, 5.41) is 3.59. The molecule has 19 heavy (non-hydrogen) atoms. The van der Waals surface area contributed by atoms with Crippen LogP contribution in [0.25, 0.3) is 0 Å². The smallest absolute Gasteiger partial charge is 0.0468 e. The highest BCUT2D eigenvalue weighted by molar-refractivity contribution is 5.32. The van der Waals surface area contributed by atoms with Gasteiger partial charge in [0, 0.05) is 19.3 Å². The standard InChI is InChI=1S/C17H25NO/c1-18-17(10-13-6-8-19-9-7-13)16-11-14-4-2-3-5-15(14)12-16/h2-5,13,16-18H,6-12H2,1H3. The number of nitrogens with one attached hydrogen (secondary N) is 1.